The second-order valence-corrected chi connectivity index (χ2v) is 9.23. The average Bonchev–Trinajstić information content (AvgIpc) is 2.95. The Balaban J connectivity index is 1.57. The van der Waals surface area contributed by atoms with Gasteiger partial charge in [0.2, 0.25) is 0 Å². The van der Waals surface area contributed by atoms with Crippen molar-refractivity contribution in [3.05, 3.63) is 113 Å². The van der Waals surface area contributed by atoms with Crippen LogP contribution in [-0.2, 0) is 17.6 Å². The number of aryl methyl sites for hydroxylation is 2. The number of hydrogen-bond acceptors (Lipinski definition) is 4. The van der Waals surface area contributed by atoms with Crippen LogP contribution in [0.15, 0.2) is 91.0 Å². The number of alkyl halides is 3. The van der Waals surface area contributed by atoms with Crippen LogP contribution in [-0.4, -0.2) is 29.9 Å². The molecule has 4 aromatic carbocycles. The molecule has 0 aromatic heterocycles. The molecule has 0 bridgehead atoms. The van der Waals surface area contributed by atoms with Crippen LogP contribution in [0, 0.1) is 11.3 Å². The lowest BCUT2D eigenvalue weighted by Crippen LogP contribution is -2.25. The Labute approximate surface area is 234 Å². The zero-order valence-corrected chi connectivity index (χ0v) is 21.7. The number of rotatable bonds is 10. The van der Waals surface area contributed by atoms with Gasteiger partial charge < -0.3 is 15.2 Å². The Morgan fingerprint density at radius 1 is 0.854 bits per heavy atom. The van der Waals surface area contributed by atoms with Gasteiger partial charge >= 0.3 is 12.3 Å². The summed E-state index contributed by atoms with van der Waals surface area (Å²) in [4.78, 5) is 22.9. The molecular formula is C32H25F3N2O4. The predicted molar refractivity (Wildman–Crippen MR) is 147 cm³/mol. The van der Waals surface area contributed by atoms with Crippen molar-refractivity contribution in [2.45, 2.75) is 25.6 Å². The van der Waals surface area contributed by atoms with Crippen molar-refractivity contribution in [1.29, 1.82) is 5.26 Å². The number of aliphatic carboxylic acids is 1. The van der Waals surface area contributed by atoms with E-state index in [0.29, 0.717) is 24.0 Å². The monoisotopic (exact) mass is 558 g/mol. The van der Waals surface area contributed by atoms with Gasteiger partial charge in [-0.25, -0.2) is 0 Å². The number of amides is 1. The lowest BCUT2D eigenvalue weighted by Gasteiger charge is -2.14. The zero-order chi connectivity index (χ0) is 29.4. The summed E-state index contributed by atoms with van der Waals surface area (Å²) in [6, 6.07) is 27.9. The van der Waals surface area contributed by atoms with Crippen molar-refractivity contribution in [1.82, 2.24) is 5.32 Å². The summed E-state index contributed by atoms with van der Waals surface area (Å²) >= 11 is 0. The minimum atomic E-state index is -4.77. The van der Waals surface area contributed by atoms with Crippen LogP contribution in [0.5, 0.6) is 5.75 Å². The molecule has 0 aliphatic heterocycles. The molecule has 0 heterocycles. The maximum absolute atomic E-state index is 12.6. The van der Waals surface area contributed by atoms with Crippen LogP contribution >= 0.6 is 0 Å². The summed E-state index contributed by atoms with van der Waals surface area (Å²) < 4.78 is 41.7. The topological polar surface area (TPSA) is 99.4 Å². The van der Waals surface area contributed by atoms with Gasteiger partial charge in [-0.05, 0) is 82.6 Å². The molecule has 6 nitrogen and oxygen atoms in total. The smallest absolute Gasteiger partial charge is 0.481 e. The summed E-state index contributed by atoms with van der Waals surface area (Å²) in [5.74, 6) is -1.64. The number of nitrogens with one attached hydrogen (secondary N) is 1. The summed E-state index contributed by atoms with van der Waals surface area (Å²) in [5.41, 5.74) is 6.23. The van der Waals surface area contributed by atoms with Crippen molar-refractivity contribution in [3.8, 4) is 34.1 Å². The number of nitrogens with zero attached hydrogens (tertiary/aromatic N) is 1. The molecule has 1 amide bonds. The third kappa shape index (κ3) is 8.19. The van der Waals surface area contributed by atoms with E-state index in [1.165, 1.54) is 12.1 Å². The first-order valence-electron chi connectivity index (χ1n) is 12.7. The Bertz CT molecular complexity index is 1570. The molecule has 0 fully saturated rings. The van der Waals surface area contributed by atoms with E-state index < -0.39 is 12.3 Å². The van der Waals surface area contributed by atoms with E-state index >= 15 is 0 Å². The zero-order valence-electron chi connectivity index (χ0n) is 21.7. The molecule has 0 saturated carbocycles. The molecule has 0 unspecified atom stereocenters. The van der Waals surface area contributed by atoms with E-state index in [1.54, 1.807) is 36.4 Å². The van der Waals surface area contributed by atoms with E-state index in [4.69, 9.17) is 5.11 Å². The van der Waals surface area contributed by atoms with E-state index in [9.17, 15) is 28.0 Å². The summed E-state index contributed by atoms with van der Waals surface area (Å²) in [5, 5.41) is 20.7. The standard InChI is InChI=1S/C32H25F3N2O4/c33-32(34,35)41-28-13-10-23(11-14-28)25-12-15-29(26-3-1-2-22(18-26)20-36)27(19-25)9-6-21-4-7-24(8-5-21)31(40)37-17-16-30(38)39/h1-5,7-8,10-15,18-19H,6,9,16-17H2,(H,37,40)(H,38,39). The first-order valence-corrected chi connectivity index (χ1v) is 12.7. The Kier molecular flexibility index (Phi) is 9.05. The van der Waals surface area contributed by atoms with Crippen LogP contribution in [0.25, 0.3) is 22.3 Å². The molecule has 9 heteroatoms. The number of hydrogen-bond donors (Lipinski definition) is 2. The van der Waals surface area contributed by atoms with Crippen LogP contribution in [0.1, 0.15) is 33.5 Å². The second-order valence-electron chi connectivity index (χ2n) is 9.23. The van der Waals surface area contributed by atoms with E-state index in [0.717, 1.165) is 33.4 Å². The third-order valence-electron chi connectivity index (χ3n) is 6.35. The number of benzene rings is 4. The number of ether oxygens (including phenoxy) is 1. The van der Waals surface area contributed by atoms with Gasteiger partial charge in [-0.1, -0.05) is 54.6 Å². The molecular weight excluding hydrogens is 533 g/mol. The van der Waals surface area contributed by atoms with Crippen LogP contribution in [0.3, 0.4) is 0 Å². The highest BCUT2D eigenvalue weighted by Gasteiger charge is 2.31. The third-order valence-corrected chi connectivity index (χ3v) is 6.35. The summed E-state index contributed by atoms with van der Waals surface area (Å²) in [7, 11) is 0. The molecule has 0 atom stereocenters. The van der Waals surface area contributed by atoms with Gasteiger partial charge in [-0.15, -0.1) is 13.2 Å². The van der Waals surface area contributed by atoms with Gasteiger partial charge in [-0.3, -0.25) is 9.59 Å². The highest BCUT2D eigenvalue weighted by molar-refractivity contribution is 5.94. The lowest BCUT2D eigenvalue weighted by atomic mass is 9.91. The molecule has 0 saturated heterocycles. The molecule has 0 aliphatic rings. The van der Waals surface area contributed by atoms with Gasteiger partial charge in [0.05, 0.1) is 18.1 Å². The number of carboxylic acid groups (broad SMARTS) is 1. The molecule has 0 radical (unpaired) electrons. The van der Waals surface area contributed by atoms with Crippen LogP contribution < -0.4 is 10.1 Å². The van der Waals surface area contributed by atoms with Gasteiger partial charge in [0, 0.05) is 12.1 Å². The number of carboxylic acids is 1. The van der Waals surface area contributed by atoms with E-state index in [2.05, 4.69) is 16.1 Å². The summed E-state index contributed by atoms with van der Waals surface area (Å²) in [6.45, 7) is 0.0418. The van der Waals surface area contributed by atoms with Gasteiger partial charge in [0.15, 0.2) is 0 Å². The van der Waals surface area contributed by atoms with E-state index in [1.807, 2.05) is 42.5 Å². The second kappa shape index (κ2) is 12.8. The van der Waals surface area contributed by atoms with Crippen molar-refractivity contribution in [2.24, 2.45) is 0 Å². The lowest BCUT2D eigenvalue weighted by molar-refractivity contribution is -0.274. The normalized spacial score (nSPS) is 11.0. The van der Waals surface area contributed by atoms with Crippen molar-refractivity contribution < 1.29 is 32.6 Å². The fraction of sp³-hybridized carbons (Fsp3) is 0.156. The highest BCUT2D eigenvalue weighted by atomic mass is 19.4. The first kappa shape index (κ1) is 28.9. The van der Waals surface area contributed by atoms with Crippen molar-refractivity contribution >= 4 is 11.9 Å². The van der Waals surface area contributed by atoms with Crippen LogP contribution in [0.2, 0.25) is 0 Å². The minimum absolute atomic E-state index is 0.0418. The van der Waals surface area contributed by atoms with Gasteiger partial charge in [0.25, 0.3) is 5.91 Å². The van der Waals surface area contributed by atoms with Crippen LogP contribution in [0.4, 0.5) is 13.2 Å². The fourth-order valence-corrected chi connectivity index (χ4v) is 4.35. The molecule has 0 aliphatic carbocycles. The largest absolute Gasteiger partial charge is 0.573 e. The predicted octanol–water partition coefficient (Wildman–Crippen LogP) is 6.78. The maximum atomic E-state index is 12.6. The highest BCUT2D eigenvalue weighted by Crippen LogP contribution is 2.32. The maximum Gasteiger partial charge on any atom is 0.573 e. The average molecular weight is 559 g/mol. The number of carbonyl (C=O) groups is 2. The number of halogens is 3. The Hall–Kier alpha value is -5.10. The molecule has 41 heavy (non-hydrogen) atoms. The number of nitriles is 1. The Morgan fingerprint density at radius 2 is 1.56 bits per heavy atom. The van der Waals surface area contributed by atoms with Gasteiger partial charge in [0.1, 0.15) is 5.75 Å². The summed E-state index contributed by atoms with van der Waals surface area (Å²) in [6.07, 6.45) is -3.68. The molecule has 4 rings (SSSR count). The fourth-order valence-electron chi connectivity index (χ4n) is 4.35. The quantitative estimate of drug-likeness (QED) is 0.224. The van der Waals surface area contributed by atoms with E-state index in [-0.39, 0.29) is 24.6 Å². The van der Waals surface area contributed by atoms with Crippen molar-refractivity contribution in [3.63, 3.8) is 0 Å². The Morgan fingerprint density at radius 3 is 2.22 bits per heavy atom. The van der Waals surface area contributed by atoms with Gasteiger partial charge in [-0.2, -0.15) is 5.26 Å². The molecule has 208 valence electrons. The number of carbonyl (C=O) groups excluding carboxylic acids is 1. The minimum Gasteiger partial charge on any atom is -0.481 e. The first-order chi connectivity index (χ1) is 19.6. The molecule has 2 N–H and O–H groups in total. The molecule has 4 aromatic rings. The molecule has 0 spiro atoms. The SMILES string of the molecule is N#Cc1cccc(-c2ccc(-c3ccc(OC(F)(F)F)cc3)cc2CCc2ccc(C(=O)NCCC(=O)O)cc2)c1. The van der Waals surface area contributed by atoms with Crippen molar-refractivity contribution in [2.75, 3.05) is 6.54 Å².